The van der Waals surface area contributed by atoms with Gasteiger partial charge in [0.25, 0.3) is 0 Å². The average Bonchev–Trinajstić information content (AvgIpc) is 3.43. The van der Waals surface area contributed by atoms with E-state index < -0.39 is 41.9 Å². The van der Waals surface area contributed by atoms with E-state index in [1.807, 2.05) is 26.0 Å². The minimum Gasteiger partial charge on any atom is -0.493 e. The van der Waals surface area contributed by atoms with Crippen LogP contribution in [0.4, 0.5) is 0 Å². The maximum Gasteiger partial charge on any atom is 0.332 e. The molecule has 9 heteroatoms. The van der Waals surface area contributed by atoms with Gasteiger partial charge in [0.2, 0.25) is 5.75 Å². The first-order valence-corrected chi connectivity index (χ1v) is 14.0. The molecule has 0 amide bonds. The number of hydrogen-bond donors (Lipinski definition) is 1. The van der Waals surface area contributed by atoms with Gasteiger partial charge in [-0.1, -0.05) is 27.7 Å². The Balaban J connectivity index is 1.61. The van der Waals surface area contributed by atoms with E-state index in [1.165, 1.54) is 0 Å². The molecule has 4 rings (SSSR count). The molecule has 2 saturated heterocycles. The van der Waals surface area contributed by atoms with Crippen LogP contribution in [-0.4, -0.2) is 68.4 Å². The third-order valence-electron chi connectivity index (χ3n) is 9.47. The van der Waals surface area contributed by atoms with Crippen molar-refractivity contribution in [2.75, 3.05) is 27.9 Å². The molecule has 2 bridgehead atoms. The highest BCUT2D eigenvalue weighted by Gasteiger charge is 2.72. The summed E-state index contributed by atoms with van der Waals surface area (Å²) < 4.78 is 35.5. The van der Waals surface area contributed by atoms with E-state index in [2.05, 4.69) is 20.8 Å². The second kappa shape index (κ2) is 11.2. The first-order chi connectivity index (χ1) is 18.4. The summed E-state index contributed by atoms with van der Waals surface area (Å²) in [7, 11) is 4.68. The molecule has 9 nitrogen and oxygen atoms in total. The molecule has 8 unspecified atom stereocenters. The minimum atomic E-state index is -0.795. The third-order valence-corrected chi connectivity index (χ3v) is 9.47. The van der Waals surface area contributed by atoms with Crippen molar-refractivity contribution in [3.63, 3.8) is 0 Å². The van der Waals surface area contributed by atoms with Gasteiger partial charge < -0.3 is 33.5 Å². The summed E-state index contributed by atoms with van der Waals surface area (Å²) in [6.07, 6.45) is 1.75. The Morgan fingerprint density at radius 3 is 2.23 bits per heavy atom. The smallest absolute Gasteiger partial charge is 0.332 e. The fraction of sp³-hybridized carbons (Fsp3) is 0.733. The van der Waals surface area contributed by atoms with Gasteiger partial charge in [0, 0.05) is 12.3 Å². The summed E-state index contributed by atoms with van der Waals surface area (Å²) in [5, 5.41) is 9.36. The van der Waals surface area contributed by atoms with Crippen molar-refractivity contribution in [3.05, 3.63) is 17.7 Å². The van der Waals surface area contributed by atoms with Gasteiger partial charge in [-0.25, -0.2) is 4.79 Å². The Bertz CT molecular complexity index is 1050. The second-order valence-corrected chi connectivity index (χ2v) is 12.0. The molecule has 1 aromatic carbocycles. The van der Waals surface area contributed by atoms with Gasteiger partial charge in [0.05, 0.1) is 27.2 Å². The van der Waals surface area contributed by atoms with Crippen LogP contribution in [0.5, 0.6) is 17.2 Å². The quantitative estimate of drug-likeness (QED) is 0.435. The lowest BCUT2D eigenvalue weighted by atomic mass is 9.69. The summed E-state index contributed by atoms with van der Waals surface area (Å²) in [6.45, 7) is 9.54. The molecule has 1 aliphatic carbocycles. The molecule has 1 N–H and O–H groups in total. The lowest BCUT2D eigenvalue weighted by molar-refractivity contribution is -0.267. The van der Waals surface area contributed by atoms with Crippen molar-refractivity contribution in [1.29, 1.82) is 0 Å². The molecule has 1 aromatic rings. The van der Waals surface area contributed by atoms with Gasteiger partial charge in [-0.2, -0.15) is 0 Å². The fourth-order valence-corrected chi connectivity index (χ4v) is 7.37. The predicted octanol–water partition coefficient (Wildman–Crippen LogP) is 3.96. The highest BCUT2D eigenvalue weighted by Crippen LogP contribution is 2.63. The molecule has 3 fully saturated rings. The molecule has 2 aliphatic heterocycles. The van der Waals surface area contributed by atoms with Gasteiger partial charge in [-0.15, -0.1) is 0 Å². The van der Waals surface area contributed by atoms with Crippen LogP contribution in [0, 0.1) is 29.6 Å². The van der Waals surface area contributed by atoms with Crippen LogP contribution in [0.15, 0.2) is 12.1 Å². The lowest BCUT2D eigenvalue weighted by Crippen LogP contribution is -2.62. The maximum absolute atomic E-state index is 13.7. The molecule has 2 heterocycles. The first kappa shape index (κ1) is 29.5. The van der Waals surface area contributed by atoms with E-state index in [1.54, 1.807) is 21.3 Å². The number of aliphatic hydroxyl groups excluding tert-OH is 1. The van der Waals surface area contributed by atoms with Gasteiger partial charge in [-0.3, -0.25) is 4.79 Å². The van der Waals surface area contributed by atoms with Crippen LogP contribution in [0.2, 0.25) is 0 Å². The molecular formula is C30H44O9. The summed E-state index contributed by atoms with van der Waals surface area (Å²) >= 11 is 0. The van der Waals surface area contributed by atoms with Crippen molar-refractivity contribution >= 4 is 11.9 Å². The normalized spacial score (nSPS) is 33.8. The number of esters is 2. The Labute approximate surface area is 231 Å². The Morgan fingerprint density at radius 1 is 1.05 bits per heavy atom. The Hall–Kier alpha value is -2.52. The molecule has 39 heavy (non-hydrogen) atoms. The second-order valence-electron chi connectivity index (χ2n) is 12.0. The molecule has 0 spiro atoms. The monoisotopic (exact) mass is 548 g/mol. The summed E-state index contributed by atoms with van der Waals surface area (Å²) in [6, 6.07) is 3.70. The average molecular weight is 549 g/mol. The van der Waals surface area contributed by atoms with Gasteiger partial charge in [-0.05, 0) is 61.6 Å². The third kappa shape index (κ3) is 4.97. The standard InChI is InChI=1S/C30H44O9/c1-16(2)30-14-23(37-24(32)15-31)29(5,39-30)20-10-9-17(3)25(20)27(30)38-28(33)18(4)11-19-12-21(34-6)26(36-8)22(13-19)35-7/h12-13,16-18,20,23,25,27,31H,9-11,14-15H2,1-8H3. The van der Waals surface area contributed by atoms with E-state index in [9.17, 15) is 14.7 Å². The number of hydrogen-bond acceptors (Lipinski definition) is 9. The SMILES string of the molecule is COc1cc(CC(C)C(=O)OC2C3C(C)CCC3C3(C)OC2(C(C)C)CC3OC(=O)CO)cc(OC)c1OC. The van der Waals surface area contributed by atoms with Crippen molar-refractivity contribution < 1.29 is 43.1 Å². The molecule has 1 saturated carbocycles. The van der Waals surface area contributed by atoms with Gasteiger partial charge in [0.1, 0.15) is 30.0 Å². The van der Waals surface area contributed by atoms with Crippen LogP contribution in [-0.2, 0) is 30.2 Å². The maximum atomic E-state index is 13.7. The number of aliphatic hydroxyl groups is 1. The van der Waals surface area contributed by atoms with Crippen molar-refractivity contribution in [3.8, 4) is 17.2 Å². The van der Waals surface area contributed by atoms with E-state index in [0.717, 1.165) is 18.4 Å². The number of fused-ring (bicyclic) bond motifs is 4. The van der Waals surface area contributed by atoms with E-state index >= 15 is 0 Å². The highest BCUT2D eigenvalue weighted by molar-refractivity contribution is 5.73. The molecule has 8 atom stereocenters. The summed E-state index contributed by atoms with van der Waals surface area (Å²) in [4.78, 5) is 25.8. The van der Waals surface area contributed by atoms with Crippen LogP contribution < -0.4 is 14.2 Å². The van der Waals surface area contributed by atoms with Gasteiger partial charge in [0.15, 0.2) is 11.5 Å². The van der Waals surface area contributed by atoms with Crippen molar-refractivity contribution in [1.82, 2.24) is 0 Å². The zero-order chi connectivity index (χ0) is 28.7. The van der Waals surface area contributed by atoms with E-state index in [-0.39, 0.29) is 23.7 Å². The molecule has 0 aromatic heterocycles. The minimum absolute atomic E-state index is 0.00613. The molecule has 218 valence electrons. The number of ether oxygens (including phenoxy) is 6. The Kier molecular flexibility index (Phi) is 8.43. The number of carbonyl (C=O) groups is 2. The number of carbonyl (C=O) groups excluding carboxylic acids is 2. The van der Waals surface area contributed by atoms with E-state index in [4.69, 9.17) is 28.4 Å². The van der Waals surface area contributed by atoms with Crippen molar-refractivity contribution in [2.45, 2.75) is 83.7 Å². The largest absolute Gasteiger partial charge is 0.493 e. The van der Waals surface area contributed by atoms with E-state index in [0.29, 0.717) is 36.0 Å². The number of benzene rings is 1. The highest BCUT2D eigenvalue weighted by atomic mass is 16.6. The zero-order valence-electron chi connectivity index (χ0n) is 24.4. The fourth-order valence-electron chi connectivity index (χ4n) is 7.37. The summed E-state index contributed by atoms with van der Waals surface area (Å²) in [5.41, 5.74) is -0.629. The van der Waals surface area contributed by atoms with Crippen LogP contribution >= 0.6 is 0 Å². The van der Waals surface area contributed by atoms with Crippen LogP contribution in [0.3, 0.4) is 0 Å². The zero-order valence-corrected chi connectivity index (χ0v) is 24.4. The molecular weight excluding hydrogens is 504 g/mol. The lowest BCUT2D eigenvalue weighted by Gasteiger charge is -2.53. The topological polar surface area (TPSA) is 110 Å². The number of rotatable bonds is 10. The van der Waals surface area contributed by atoms with Gasteiger partial charge >= 0.3 is 11.9 Å². The van der Waals surface area contributed by atoms with Crippen LogP contribution in [0.1, 0.15) is 59.4 Å². The van der Waals surface area contributed by atoms with Crippen LogP contribution in [0.25, 0.3) is 0 Å². The number of methoxy groups -OCH3 is 3. The molecule has 0 radical (unpaired) electrons. The summed E-state index contributed by atoms with van der Waals surface area (Å²) in [5.74, 6) is 0.651. The first-order valence-electron chi connectivity index (χ1n) is 14.0. The van der Waals surface area contributed by atoms with Crippen molar-refractivity contribution in [2.24, 2.45) is 29.6 Å². The Morgan fingerprint density at radius 2 is 1.69 bits per heavy atom. The predicted molar refractivity (Wildman–Crippen MR) is 143 cm³/mol. The molecule has 3 aliphatic rings.